The summed E-state index contributed by atoms with van der Waals surface area (Å²) in [4.78, 5) is 29.5. The molecule has 1 atom stereocenters. The van der Waals surface area contributed by atoms with E-state index in [0.29, 0.717) is 25.9 Å². The van der Waals surface area contributed by atoms with Crippen molar-refractivity contribution >= 4 is 11.9 Å². The molecule has 2 rings (SSSR count). The molecule has 1 amide bonds. The Balaban J connectivity index is 2.01. The zero-order valence-electron chi connectivity index (χ0n) is 11.7. The number of carboxylic acid groups (broad SMARTS) is 1. The molecule has 0 aliphatic carbocycles. The molecule has 0 bridgehead atoms. The molecule has 0 radical (unpaired) electrons. The fourth-order valence-corrected chi connectivity index (χ4v) is 2.82. The summed E-state index contributed by atoms with van der Waals surface area (Å²) in [7, 11) is 0. The number of hydrogen-bond acceptors (Lipinski definition) is 3. The van der Waals surface area contributed by atoms with Gasteiger partial charge < -0.3 is 10.0 Å². The van der Waals surface area contributed by atoms with E-state index < -0.39 is 11.4 Å². The Hall–Kier alpha value is -1.91. The number of carbonyl (C=O) groups excluding carboxylic acids is 1. The van der Waals surface area contributed by atoms with Crippen LogP contribution >= 0.6 is 0 Å². The predicted octanol–water partition coefficient (Wildman–Crippen LogP) is 1.73. The van der Waals surface area contributed by atoms with Crippen LogP contribution in [0.2, 0.25) is 0 Å². The van der Waals surface area contributed by atoms with Crippen molar-refractivity contribution in [2.24, 2.45) is 5.41 Å². The van der Waals surface area contributed by atoms with E-state index in [-0.39, 0.29) is 12.3 Å². The summed E-state index contributed by atoms with van der Waals surface area (Å²) in [5.41, 5.74) is -0.0325. The highest BCUT2D eigenvalue weighted by atomic mass is 16.4. The Labute approximate surface area is 118 Å². The van der Waals surface area contributed by atoms with Crippen LogP contribution in [-0.2, 0) is 16.0 Å². The first-order valence-corrected chi connectivity index (χ1v) is 6.98. The molecule has 20 heavy (non-hydrogen) atoms. The Morgan fingerprint density at radius 3 is 2.85 bits per heavy atom. The van der Waals surface area contributed by atoms with Crippen molar-refractivity contribution < 1.29 is 14.7 Å². The van der Waals surface area contributed by atoms with Crippen molar-refractivity contribution in [3.63, 3.8) is 0 Å². The highest BCUT2D eigenvalue weighted by Gasteiger charge is 2.45. The summed E-state index contributed by atoms with van der Waals surface area (Å²) < 4.78 is 0. The Morgan fingerprint density at radius 2 is 2.25 bits per heavy atom. The number of hydrogen-bond donors (Lipinski definition) is 1. The summed E-state index contributed by atoms with van der Waals surface area (Å²) in [6, 6.07) is 5.46. The highest BCUT2D eigenvalue weighted by Crippen LogP contribution is 2.35. The predicted molar refractivity (Wildman–Crippen MR) is 74.1 cm³/mol. The van der Waals surface area contributed by atoms with Crippen molar-refractivity contribution in [2.75, 3.05) is 13.1 Å². The second-order valence-electron chi connectivity index (χ2n) is 5.40. The average Bonchev–Trinajstić information content (AvgIpc) is 2.86. The Kier molecular flexibility index (Phi) is 4.37. The van der Waals surface area contributed by atoms with Crippen LogP contribution in [0.1, 0.15) is 31.9 Å². The lowest BCUT2D eigenvalue weighted by Crippen LogP contribution is -2.37. The first-order chi connectivity index (χ1) is 9.57. The SMILES string of the molecule is CCCC1(C(=O)O)CCN(C(=O)Cc2ccccn2)C1. The third kappa shape index (κ3) is 2.98. The topological polar surface area (TPSA) is 70.5 Å². The van der Waals surface area contributed by atoms with E-state index in [2.05, 4.69) is 4.98 Å². The van der Waals surface area contributed by atoms with Crippen LogP contribution in [-0.4, -0.2) is 40.0 Å². The minimum absolute atomic E-state index is 0.0390. The molecule has 1 aliphatic heterocycles. The maximum absolute atomic E-state index is 12.2. The highest BCUT2D eigenvalue weighted by molar-refractivity contribution is 5.81. The molecule has 1 aromatic rings. The monoisotopic (exact) mass is 276 g/mol. The number of likely N-dealkylation sites (tertiary alicyclic amines) is 1. The normalized spacial score (nSPS) is 21.9. The van der Waals surface area contributed by atoms with Crippen molar-refractivity contribution in [1.29, 1.82) is 0 Å². The summed E-state index contributed by atoms with van der Waals surface area (Å²) in [6.07, 6.45) is 3.88. The first-order valence-electron chi connectivity index (χ1n) is 6.98. The van der Waals surface area contributed by atoms with Gasteiger partial charge in [0.25, 0.3) is 0 Å². The molecule has 1 unspecified atom stereocenters. The van der Waals surface area contributed by atoms with E-state index in [1.54, 1.807) is 17.2 Å². The Morgan fingerprint density at radius 1 is 1.45 bits per heavy atom. The van der Waals surface area contributed by atoms with Crippen LogP contribution in [0.3, 0.4) is 0 Å². The number of carboxylic acids is 1. The number of amides is 1. The average molecular weight is 276 g/mol. The van der Waals surface area contributed by atoms with Gasteiger partial charge in [0.1, 0.15) is 0 Å². The van der Waals surface area contributed by atoms with Gasteiger partial charge in [-0.15, -0.1) is 0 Å². The van der Waals surface area contributed by atoms with E-state index in [1.165, 1.54) is 0 Å². The van der Waals surface area contributed by atoms with Gasteiger partial charge in [-0.3, -0.25) is 14.6 Å². The smallest absolute Gasteiger partial charge is 0.311 e. The van der Waals surface area contributed by atoms with Gasteiger partial charge in [-0.1, -0.05) is 19.4 Å². The molecular formula is C15H20N2O3. The number of nitrogens with zero attached hydrogens (tertiary/aromatic N) is 2. The van der Waals surface area contributed by atoms with E-state index in [9.17, 15) is 14.7 Å². The van der Waals surface area contributed by atoms with Crippen LogP contribution in [0.4, 0.5) is 0 Å². The van der Waals surface area contributed by atoms with Gasteiger partial charge in [-0.25, -0.2) is 0 Å². The van der Waals surface area contributed by atoms with Gasteiger partial charge in [-0.05, 0) is 25.0 Å². The molecule has 1 fully saturated rings. The summed E-state index contributed by atoms with van der Waals surface area (Å²) in [6.45, 7) is 2.82. The number of rotatable bonds is 5. The third-order valence-corrected chi connectivity index (χ3v) is 3.95. The molecule has 0 saturated carbocycles. The van der Waals surface area contributed by atoms with Gasteiger partial charge >= 0.3 is 5.97 Å². The summed E-state index contributed by atoms with van der Waals surface area (Å²) in [5, 5.41) is 9.43. The zero-order chi connectivity index (χ0) is 14.6. The minimum atomic E-state index is -0.785. The molecule has 0 spiro atoms. The van der Waals surface area contributed by atoms with Gasteiger partial charge in [0.2, 0.25) is 5.91 Å². The fourth-order valence-electron chi connectivity index (χ4n) is 2.82. The van der Waals surface area contributed by atoms with Crippen LogP contribution < -0.4 is 0 Å². The standard InChI is InChI=1S/C15H20N2O3/c1-2-6-15(14(19)20)7-9-17(11-15)13(18)10-12-5-3-4-8-16-12/h3-5,8H,2,6-7,9-11H2,1H3,(H,19,20). The third-order valence-electron chi connectivity index (χ3n) is 3.95. The van der Waals surface area contributed by atoms with E-state index >= 15 is 0 Å². The van der Waals surface area contributed by atoms with Crippen molar-refractivity contribution in [1.82, 2.24) is 9.88 Å². The lowest BCUT2D eigenvalue weighted by atomic mass is 9.83. The van der Waals surface area contributed by atoms with Gasteiger partial charge in [0, 0.05) is 25.0 Å². The number of aliphatic carboxylic acids is 1. The maximum Gasteiger partial charge on any atom is 0.311 e. The Bertz CT molecular complexity index is 489. The molecule has 1 saturated heterocycles. The van der Waals surface area contributed by atoms with Crippen molar-refractivity contribution in [3.05, 3.63) is 30.1 Å². The fraction of sp³-hybridized carbons (Fsp3) is 0.533. The molecule has 2 heterocycles. The van der Waals surface area contributed by atoms with Gasteiger partial charge in [0.15, 0.2) is 0 Å². The number of carbonyl (C=O) groups is 2. The second-order valence-corrected chi connectivity index (χ2v) is 5.40. The largest absolute Gasteiger partial charge is 0.481 e. The molecule has 5 heteroatoms. The molecule has 5 nitrogen and oxygen atoms in total. The maximum atomic E-state index is 12.2. The quantitative estimate of drug-likeness (QED) is 0.889. The van der Waals surface area contributed by atoms with Gasteiger partial charge in [-0.2, -0.15) is 0 Å². The van der Waals surface area contributed by atoms with Crippen molar-refractivity contribution in [2.45, 2.75) is 32.6 Å². The molecule has 108 valence electrons. The molecule has 0 aromatic carbocycles. The first kappa shape index (κ1) is 14.5. The summed E-state index contributed by atoms with van der Waals surface area (Å²) in [5.74, 6) is -0.824. The van der Waals surface area contributed by atoms with Crippen LogP contribution in [0.25, 0.3) is 0 Å². The molecule has 1 N–H and O–H groups in total. The number of aromatic nitrogens is 1. The zero-order valence-corrected chi connectivity index (χ0v) is 11.7. The van der Waals surface area contributed by atoms with E-state index in [0.717, 1.165) is 12.1 Å². The lowest BCUT2D eigenvalue weighted by Gasteiger charge is -2.24. The summed E-state index contributed by atoms with van der Waals surface area (Å²) >= 11 is 0. The number of pyridine rings is 1. The van der Waals surface area contributed by atoms with Crippen LogP contribution in [0, 0.1) is 5.41 Å². The lowest BCUT2D eigenvalue weighted by molar-refractivity contribution is -0.149. The van der Waals surface area contributed by atoms with Crippen LogP contribution in [0.5, 0.6) is 0 Å². The van der Waals surface area contributed by atoms with E-state index in [4.69, 9.17) is 0 Å². The van der Waals surface area contributed by atoms with Crippen LogP contribution in [0.15, 0.2) is 24.4 Å². The molecule has 1 aliphatic rings. The second kappa shape index (κ2) is 6.03. The van der Waals surface area contributed by atoms with Crippen molar-refractivity contribution in [3.8, 4) is 0 Å². The minimum Gasteiger partial charge on any atom is -0.481 e. The molecule has 1 aromatic heterocycles. The van der Waals surface area contributed by atoms with Gasteiger partial charge in [0.05, 0.1) is 11.8 Å². The molecular weight excluding hydrogens is 256 g/mol. The van der Waals surface area contributed by atoms with E-state index in [1.807, 2.05) is 19.1 Å².